The van der Waals surface area contributed by atoms with Gasteiger partial charge in [-0.05, 0) is 57.1 Å². The molecule has 30 heavy (non-hydrogen) atoms. The first-order valence-corrected chi connectivity index (χ1v) is 11.0. The Morgan fingerprint density at radius 2 is 2.07 bits per heavy atom. The average molecular weight is 420 g/mol. The lowest BCUT2D eigenvalue weighted by atomic mass is 9.78. The number of rotatable bonds is 8. The van der Waals surface area contributed by atoms with E-state index in [9.17, 15) is 9.59 Å². The van der Waals surface area contributed by atoms with Crippen molar-refractivity contribution in [1.82, 2.24) is 15.2 Å². The van der Waals surface area contributed by atoms with Gasteiger partial charge < -0.3 is 24.4 Å². The van der Waals surface area contributed by atoms with Gasteiger partial charge in [0.15, 0.2) is 0 Å². The fraction of sp³-hybridized carbons (Fsp3) is 0.682. The molecular formula is C22H33N3O5. The number of hydrogen-bond acceptors (Lipinski definition) is 6. The van der Waals surface area contributed by atoms with Gasteiger partial charge in [0.2, 0.25) is 0 Å². The van der Waals surface area contributed by atoms with Crippen molar-refractivity contribution in [1.29, 1.82) is 0 Å². The van der Waals surface area contributed by atoms with Crippen LogP contribution in [0.3, 0.4) is 0 Å². The summed E-state index contributed by atoms with van der Waals surface area (Å²) in [6.45, 7) is 5.24. The van der Waals surface area contributed by atoms with E-state index in [2.05, 4.69) is 10.3 Å². The van der Waals surface area contributed by atoms with Gasteiger partial charge in [0.05, 0.1) is 25.2 Å². The van der Waals surface area contributed by atoms with Crippen molar-refractivity contribution in [2.24, 2.45) is 5.92 Å². The second-order valence-electron chi connectivity index (χ2n) is 7.98. The summed E-state index contributed by atoms with van der Waals surface area (Å²) >= 11 is 0. The van der Waals surface area contributed by atoms with Crippen molar-refractivity contribution in [3.63, 3.8) is 0 Å². The van der Waals surface area contributed by atoms with E-state index < -0.39 is 0 Å². The van der Waals surface area contributed by atoms with Gasteiger partial charge in [-0.15, -0.1) is 0 Å². The summed E-state index contributed by atoms with van der Waals surface area (Å²) in [6, 6.07) is 3.63. The number of carbonyl (C=O) groups excluding carboxylic acids is 2. The Labute approximate surface area is 178 Å². The molecule has 3 heterocycles. The van der Waals surface area contributed by atoms with E-state index in [-0.39, 0.29) is 24.0 Å². The molecule has 1 aromatic rings. The minimum Gasteiger partial charge on any atom is -0.493 e. The number of hydrogen-bond donors (Lipinski definition) is 1. The van der Waals surface area contributed by atoms with Gasteiger partial charge in [-0.2, -0.15) is 0 Å². The minimum atomic E-state index is -0.287. The Morgan fingerprint density at radius 3 is 2.80 bits per heavy atom. The molecule has 1 spiro atoms. The van der Waals surface area contributed by atoms with Gasteiger partial charge in [0.25, 0.3) is 0 Å². The van der Waals surface area contributed by atoms with Crippen LogP contribution in [0, 0.1) is 5.92 Å². The predicted molar refractivity (Wildman–Crippen MR) is 111 cm³/mol. The number of pyridine rings is 1. The van der Waals surface area contributed by atoms with Gasteiger partial charge >= 0.3 is 12.0 Å². The Balaban J connectivity index is 1.37. The summed E-state index contributed by atoms with van der Waals surface area (Å²) in [5.74, 6) is 1.14. The first-order valence-electron chi connectivity index (χ1n) is 11.0. The summed E-state index contributed by atoms with van der Waals surface area (Å²) in [7, 11) is 0. The number of ether oxygens (including phenoxy) is 3. The number of likely N-dealkylation sites (tertiary alicyclic amines) is 1. The lowest BCUT2D eigenvalue weighted by Gasteiger charge is -2.46. The highest BCUT2D eigenvalue weighted by Gasteiger charge is 2.41. The fourth-order valence-electron chi connectivity index (χ4n) is 4.24. The summed E-state index contributed by atoms with van der Waals surface area (Å²) in [5, 5.41) is 2.81. The van der Waals surface area contributed by atoms with Crippen LogP contribution in [0.2, 0.25) is 0 Å². The molecule has 1 N–H and O–H groups in total. The Morgan fingerprint density at radius 1 is 1.30 bits per heavy atom. The van der Waals surface area contributed by atoms with Gasteiger partial charge in [-0.1, -0.05) is 0 Å². The molecule has 1 unspecified atom stereocenters. The summed E-state index contributed by atoms with van der Waals surface area (Å²) < 4.78 is 16.9. The molecule has 8 nitrogen and oxygen atoms in total. The molecule has 1 atom stereocenters. The maximum Gasteiger partial charge on any atom is 0.317 e. The molecule has 3 rings (SSSR count). The van der Waals surface area contributed by atoms with Crippen molar-refractivity contribution in [2.75, 3.05) is 39.5 Å². The molecule has 2 fully saturated rings. The van der Waals surface area contributed by atoms with Crippen LogP contribution in [0.15, 0.2) is 24.5 Å². The lowest BCUT2D eigenvalue weighted by molar-refractivity contribution is -0.142. The monoisotopic (exact) mass is 419 g/mol. The zero-order valence-electron chi connectivity index (χ0n) is 17.8. The van der Waals surface area contributed by atoms with Crippen LogP contribution in [-0.4, -0.2) is 66.9 Å². The number of esters is 1. The highest BCUT2D eigenvalue weighted by atomic mass is 16.5. The molecule has 2 saturated heterocycles. The van der Waals surface area contributed by atoms with E-state index in [1.165, 1.54) is 0 Å². The normalized spacial score (nSPS) is 20.6. The summed E-state index contributed by atoms with van der Waals surface area (Å²) in [5.41, 5.74) is -0.124. The smallest absolute Gasteiger partial charge is 0.317 e. The second-order valence-corrected chi connectivity index (χ2v) is 7.98. The van der Waals surface area contributed by atoms with Crippen LogP contribution in [0.5, 0.6) is 5.75 Å². The molecule has 0 aliphatic carbocycles. The molecule has 8 heteroatoms. The van der Waals surface area contributed by atoms with E-state index in [0.717, 1.165) is 44.5 Å². The number of nitrogens with zero attached hydrogens (tertiary/aromatic N) is 2. The molecule has 2 aliphatic heterocycles. The first-order chi connectivity index (χ1) is 14.6. The second kappa shape index (κ2) is 11.2. The van der Waals surface area contributed by atoms with Crippen molar-refractivity contribution in [3.05, 3.63) is 24.5 Å². The quantitative estimate of drug-likeness (QED) is 0.652. The third-order valence-corrected chi connectivity index (χ3v) is 5.91. The van der Waals surface area contributed by atoms with Crippen LogP contribution in [0.1, 0.15) is 45.4 Å². The Kier molecular flexibility index (Phi) is 8.30. The number of nitrogens with one attached hydrogen (secondary N) is 1. The number of piperidine rings is 1. The number of aromatic nitrogens is 1. The van der Waals surface area contributed by atoms with Gasteiger partial charge in [0, 0.05) is 38.6 Å². The molecule has 2 aliphatic rings. The summed E-state index contributed by atoms with van der Waals surface area (Å²) in [6.07, 6.45) is 8.44. The zero-order valence-corrected chi connectivity index (χ0v) is 17.8. The van der Waals surface area contributed by atoms with E-state index in [4.69, 9.17) is 14.2 Å². The molecule has 1 aromatic heterocycles. The van der Waals surface area contributed by atoms with Crippen LogP contribution in [0.4, 0.5) is 4.79 Å². The highest BCUT2D eigenvalue weighted by molar-refractivity contribution is 5.75. The number of carbonyl (C=O) groups is 2. The molecule has 0 radical (unpaired) electrons. The number of amides is 2. The Bertz CT molecular complexity index is 677. The van der Waals surface area contributed by atoms with Crippen molar-refractivity contribution in [3.8, 4) is 5.75 Å². The van der Waals surface area contributed by atoms with Crippen LogP contribution >= 0.6 is 0 Å². The van der Waals surface area contributed by atoms with Crippen LogP contribution in [-0.2, 0) is 14.3 Å². The standard InChI is InChI=1S/C22H33N3O5/c1-2-28-20(26)5-12-24-21(27)25-13-8-22(9-14-25)17-18(7-16-30-22)6-15-29-19-3-10-23-11-4-19/h3-4,10-11,18H,2,5-9,12-17H2,1H3,(H,24,27). The predicted octanol–water partition coefficient (Wildman–Crippen LogP) is 2.77. The molecule has 2 amide bonds. The van der Waals surface area contributed by atoms with Gasteiger partial charge in [-0.3, -0.25) is 9.78 Å². The average Bonchev–Trinajstić information content (AvgIpc) is 2.75. The minimum absolute atomic E-state index is 0.118. The van der Waals surface area contributed by atoms with E-state index >= 15 is 0 Å². The maximum atomic E-state index is 12.3. The molecule has 0 bridgehead atoms. The van der Waals surface area contributed by atoms with Crippen molar-refractivity contribution in [2.45, 2.75) is 51.0 Å². The third-order valence-electron chi connectivity index (χ3n) is 5.91. The van der Waals surface area contributed by atoms with Gasteiger partial charge in [-0.25, -0.2) is 4.79 Å². The maximum absolute atomic E-state index is 12.3. The molecule has 166 valence electrons. The fourth-order valence-corrected chi connectivity index (χ4v) is 4.24. The van der Waals surface area contributed by atoms with E-state index in [0.29, 0.717) is 38.8 Å². The van der Waals surface area contributed by atoms with E-state index in [1.807, 2.05) is 17.0 Å². The SMILES string of the molecule is CCOC(=O)CCNC(=O)N1CCC2(CC1)CC(CCOc1ccncc1)CCO2. The Hall–Kier alpha value is -2.35. The topological polar surface area (TPSA) is 90.0 Å². The molecular weight excluding hydrogens is 386 g/mol. The van der Waals surface area contributed by atoms with Crippen LogP contribution < -0.4 is 10.1 Å². The zero-order chi connectivity index (χ0) is 21.2. The van der Waals surface area contributed by atoms with Gasteiger partial charge in [0.1, 0.15) is 5.75 Å². The van der Waals surface area contributed by atoms with Crippen molar-refractivity contribution >= 4 is 12.0 Å². The first kappa shape index (κ1) is 22.3. The number of urea groups is 1. The third kappa shape index (κ3) is 6.58. The molecule has 0 aromatic carbocycles. The molecule has 0 saturated carbocycles. The highest BCUT2D eigenvalue weighted by Crippen LogP contribution is 2.38. The summed E-state index contributed by atoms with van der Waals surface area (Å²) in [4.78, 5) is 29.5. The van der Waals surface area contributed by atoms with Crippen molar-refractivity contribution < 1.29 is 23.8 Å². The lowest BCUT2D eigenvalue weighted by Crippen LogP contribution is -2.53. The largest absolute Gasteiger partial charge is 0.493 e. The van der Waals surface area contributed by atoms with E-state index in [1.54, 1.807) is 19.3 Å². The van der Waals surface area contributed by atoms with Crippen LogP contribution in [0.25, 0.3) is 0 Å².